The van der Waals surface area contributed by atoms with Crippen LogP contribution >= 0.6 is 0 Å². The van der Waals surface area contributed by atoms with Crippen LogP contribution in [0.15, 0.2) is 40.2 Å². The molecule has 0 unspecified atom stereocenters. The number of ether oxygens (including phenoxy) is 2. The van der Waals surface area contributed by atoms with E-state index in [4.69, 9.17) is 4.74 Å². The van der Waals surface area contributed by atoms with Crippen molar-refractivity contribution in [2.24, 2.45) is 4.99 Å². The van der Waals surface area contributed by atoms with Gasteiger partial charge in [-0.1, -0.05) is 6.07 Å². The van der Waals surface area contributed by atoms with Crippen LogP contribution in [0.4, 0.5) is 13.2 Å². The maximum Gasteiger partial charge on any atom is 0.573 e. The van der Waals surface area contributed by atoms with E-state index in [0.717, 1.165) is 25.0 Å². The van der Waals surface area contributed by atoms with E-state index >= 15 is 0 Å². The zero-order valence-electron chi connectivity index (χ0n) is 16.5. The lowest BCUT2D eigenvalue weighted by Crippen LogP contribution is -2.23. The van der Waals surface area contributed by atoms with Crippen molar-refractivity contribution < 1.29 is 27.8 Å². The van der Waals surface area contributed by atoms with Crippen LogP contribution < -0.4 is 26.0 Å². The van der Waals surface area contributed by atoms with Gasteiger partial charge >= 0.3 is 18.1 Å². The summed E-state index contributed by atoms with van der Waals surface area (Å²) in [7, 11) is 0. The van der Waals surface area contributed by atoms with Crippen molar-refractivity contribution in [2.75, 3.05) is 0 Å². The number of aromatic amines is 2. The Bertz CT molecular complexity index is 1520. The molecule has 1 fully saturated rings. The Morgan fingerprint density at radius 1 is 1.21 bits per heavy atom. The topological polar surface area (TPSA) is 143 Å². The molecule has 1 saturated carbocycles. The molecule has 1 aliphatic rings. The summed E-state index contributed by atoms with van der Waals surface area (Å²) in [6.45, 7) is 0. The summed E-state index contributed by atoms with van der Waals surface area (Å²) >= 11 is 0. The van der Waals surface area contributed by atoms with Crippen LogP contribution in [0.3, 0.4) is 0 Å². The number of fused-ring (bicyclic) bond motifs is 1. The summed E-state index contributed by atoms with van der Waals surface area (Å²) in [4.78, 5) is 29.0. The van der Waals surface area contributed by atoms with Crippen LogP contribution in [0.1, 0.15) is 18.5 Å². The van der Waals surface area contributed by atoms with E-state index < -0.39 is 17.8 Å². The van der Waals surface area contributed by atoms with E-state index in [9.17, 15) is 23.1 Å². The Morgan fingerprint density at radius 2 is 2.00 bits per heavy atom. The highest BCUT2D eigenvalue weighted by molar-refractivity contribution is 5.56. The number of alkyl halides is 3. The van der Waals surface area contributed by atoms with Crippen molar-refractivity contribution in [3.8, 4) is 23.4 Å². The number of nitrogens with one attached hydrogen (secondary N) is 2. The van der Waals surface area contributed by atoms with Crippen LogP contribution in [0.5, 0.6) is 23.4 Å². The molecule has 3 aromatic heterocycles. The molecule has 0 spiro atoms. The van der Waals surface area contributed by atoms with Gasteiger partial charge in [-0.3, -0.25) is 4.98 Å². The van der Waals surface area contributed by atoms with Gasteiger partial charge in [0.1, 0.15) is 17.2 Å². The van der Waals surface area contributed by atoms with Crippen molar-refractivity contribution in [3.05, 3.63) is 57.5 Å². The largest absolute Gasteiger partial charge is 0.573 e. The number of aromatic hydroxyl groups is 1. The highest BCUT2D eigenvalue weighted by Gasteiger charge is 2.31. The minimum Gasteiger partial charge on any atom is -0.493 e. The fraction of sp³-hybridized carbons (Fsp3) is 0.211. The lowest BCUT2D eigenvalue weighted by atomic mass is 10.3. The Balaban J connectivity index is 1.59. The highest BCUT2D eigenvalue weighted by atomic mass is 19.4. The molecule has 14 heteroatoms. The van der Waals surface area contributed by atoms with Gasteiger partial charge in [0, 0.05) is 11.3 Å². The van der Waals surface area contributed by atoms with E-state index in [1.165, 1.54) is 28.9 Å². The molecule has 0 atom stereocenters. The zero-order valence-corrected chi connectivity index (χ0v) is 16.5. The van der Waals surface area contributed by atoms with E-state index in [1.807, 2.05) is 0 Å². The monoisotopic (exact) mass is 461 g/mol. The molecule has 0 amide bonds. The molecule has 3 heterocycles. The summed E-state index contributed by atoms with van der Waals surface area (Å²) in [5.41, 5.74) is -0.0666. The van der Waals surface area contributed by atoms with E-state index in [2.05, 4.69) is 34.8 Å². The molecule has 0 radical (unpaired) electrons. The number of halogens is 3. The maximum absolute atomic E-state index is 12.5. The Kier molecular flexibility index (Phi) is 4.76. The molecular weight excluding hydrogens is 447 g/mol. The second-order valence-corrected chi connectivity index (χ2v) is 7.11. The number of benzene rings is 1. The van der Waals surface area contributed by atoms with Gasteiger partial charge in [-0.05, 0) is 31.1 Å². The molecule has 3 N–H and O–H groups in total. The van der Waals surface area contributed by atoms with Gasteiger partial charge in [-0.25, -0.2) is 9.79 Å². The first kappa shape index (κ1) is 20.5. The number of imidazole rings is 1. The standard InChI is InChI=1S/C19H14F3N7O4/c20-19(21,22)33-12-3-1-2-11(7-12)32-18-26-14-9(6-13-15(30)27-17(31)25-13)8-23-29(14)16(28-18)24-10-4-5-10/h1-3,6-8,10,30H,4-5H2,(H2,25,27,31)/b9-6-,24-16?. The molecular formula is C19H14F3N7O4. The van der Waals surface area contributed by atoms with Crippen LogP contribution in [-0.4, -0.2) is 47.1 Å². The van der Waals surface area contributed by atoms with Gasteiger partial charge in [0.05, 0.1) is 12.2 Å². The molecule has 4 aromatic rings. The number of rotatable bonds is 5. The van der Waals surface area contributed by atoms with Crippen molar-refractivity contribution in [3.63, 3.8) is 0 Å². The summed E-state index contributed by atoms with van der Waals surface area (Å²) in [6, 6.07) is 4.81. The molecule has 170 valence electrons. The van der Waals surface area contributed by atoms with E-state index in [-0.39, 0.29) is 40.6 Å². The first-order chi connectivity index (χ1) is 15.7. The fourth-order valence-electron chi connectivity index (χ4n) is 2.95. The molecule has 0 bridgehead atoms. The predicted molar refractivity (Wildman–Crippen MR) is 104 cm³/mol. The summed E-state index contributed by atoms with van der Waals surface area (Å²) < 4.78 is 48.4. The SMILES string of the molecule is O=c1[nH]c(O)c(/C=c2/cnn3c(=NC4CC4)nc(Oc4cccc(OC(F)(F)F)c4)nc23)[nH]1. The van der Waals surface area contributed by atoms with Crippen LogP contribution in [-0.2, 0) is 0 Å². The minimum atomic E-state index is -4.85. The maximum atomic E-state index is 12.5. The second-order valence-electron chi connectivity index (χ2n) is 7.11. The van der Waals surface area contributed by atoms with Crippen molar-refractivity contribution in [1.29, 1.82) is 0 Å². The Hall–Kier alpha value is -4.36. The van der Waals surface area contributed by atoms with Gasteiger partial charge in [0.25, 0.3) is 5.62 Å². The number of hydrogen-bond donors (Lipinski definition) is 3. The second kappa shape index (κ2) is 7.65. The predicted octanol–water partition coefficient (Wildman–Crippen LogP) is 1.15. The third kappa shape index (κ3) is 4.63. The number of H-pyrrole nitrogens is 2. The number of hydrogen-bond acceptors (Lipinski definition) is 8. The molecule has 1 aromatic carbocycles. The lowest BCUT2D eigenvalue weighted by Gasteiger charge is -2.10. The van der Waals surface area contributed by atoms with Gasteiger partial charge in [-0.2, -0.15) is 19.6 Å². The van der Waals surface area contributed by atoms with Crippen molar-refractivity contribution in [2.45, 2.75) is 25.2 Å². The van der Waals surface area contributed by atoms with E-state index in [1.54, 1.807) is 0 Å². The molecule has 5 rings (SSSR count). The highest BCUT2D eigenvalue weighted by Crippen LogP contribution is 2.27. The lowest BCUT2D eigenvalue weighted by molar-refractivity contribution is -0.274. The normalized spacial score (nSPS) is 15.4. The van der Waals surface area contributed by atoms with Gasteiger partial charge in [0.2, 0.25) is 5.88 Å². The smallest absolute Gasteiger partial charge is 0.493 e. The summed E-state index contributed by atoms with van der Waals surface area (Å²) in [5, 5.41) is 14.4. The first-order valence-corrected chi connectivity index (χ1v) is 9.60. The van der Waals surface area contributed by atoms with Crippen LogP contribution in [0.2, 0.25) is 0 Å². The van der Waals surface area contributed by atoms with Crippen molar-refractivity contribution in [1.82, 2.24) is 29.5 Å². The third-order valence-corrected chi connectivity index (χ3v) is 4.49. The average Bonchev–Trinajstić information content (AvgIpc) is 3.36. The first-order valence-electron chi connectivity index (χ1n) is 9.60. The van der Waals surface area contributed by atoms with Crippen LogP contribution in [0.25, 0.3) is 11.7 Å². The zero-order chi connectivity index (χ0) is 23.2. The van der Waals surface area contributed by atoms with Crippen LogP contribution in [0, 0.1) is 0 Å². The third-order valence-electron chi connectivity index (χ3n) is 4.49. The minimum absolute atomic E-state index is 0.0103. The Morgan fingerprint density at radius 3 is 2.70 bits per heavy atom. The fourth-order valence-corrected chi connectivity index (χ4v) is 2.95. The molecule has 11 nitrogen and oxygen atoms in total. The Labute approximate surface area is 180 Å². The molecule has 0 saturated heterocycles. The summed E-state index contributed by atoms with van der Waals surface area (Å²) in [5.74, 6) is -0.820. The molecule has 0 aliphatic heterocycles. The summed E-state index contributed by atoms with van der Waals surface area (Å²) in [6.07, 6.45) is -0.209. The number of aromatic nitrogens is 6. The quantitative estimate of drug-likeness (QED) is 0.405. The van der Waals surface area contributed by atoms with Gasteiger partial charge in [-0.15, -0.1) is 13.2 Å². The average molecular weight is 461 g/mol. The molecule has 1 aliphatic carbocycles. The van der Waals surface area contributed by atoms with E-state index in [0.29, 0.717) is 5.22 Å². The van der Waals surface area contributed by atoms with Gasteiger partial charge in [0.15, 0.2) is 5.65 Å². The number of nitrogens with zero attached hydrogens (tertiary/aromatic N) is 5. The van der Waals surface area contributed by atoms with Crippen molar-refractivity contribution >= 4 is 11.7 Å². The molecule has 33 heavy (non-hydrogen) atoms. The van der Waals surface area contributed by atoms with Gasteiger partial charge < -0.3 is 19.6 Å².